The molecule has 0 saturated carbocycles. The summed E-state index contributed by atoms with van der Waals surface area (Å²) >= 11 is 5.80. The number of methoxy groups -OCH3 is 1. The summed E-state index contributed by atoms with van der Waals surface area (Å²) in [5.41, 5.74) is 1.51. The van der Waals surface area contributed by atoms with Crippen LogP contribution < -0.4 is 9.47 Å². The summed E-state index contributed by atoms with van der Waals surface area (Å²) in [5, 5.41) is 0.352. The fourth-order valence-corrected chi connectivity index (χ4v) is 2.23. The highest BCUT2D eigenvalue weighted by molar-refractivity contribution is 6.29. The summed E-state index contributed by atoms with van der Waals surface area (Å²) in [6, 6.07) is 8.46. The number of esters is 1. The van der Waals surface area contributed by atoms with Crippen LogP contribution in [0.5, 0.6) is 11.5 Å². The smallest absolute Gasteiger partial charge is 0.308 e. The maximum absolute atomic E-state index is 12.0. The monoisotopic (exact) mass is 345 g/mol. The number of aromatic nitrogens is 1. The maximum atomic E-state index is 12.0. The van der Waals surface area contributed by atoms with Crippen molar-refractivity contribution in [1.29, 1.82) is 0 Å². The molecule has 6 heteroatoms. The lowest BCUT2D eigenvalue weighted by atomic mass is 10.1. The van der Waals surface area contributed by atoms with Crippen molar-refractivity contribution in [2.24, 2.45) is 0 Å². The summed E-state index contributed by atoms with van der Waals surface area (Å²) in [6.07, 6.45) is 4.90. The van der Waals surface area contributed by atoms with Gasteiger partial charge in [-0.05, 0) is 41.5 Å². The number of pyridine rings is 1. The first kappa shape index (κ1) is 17.7. The van der Waals surface area contributed by atoms with Gasteiger partial charge in [0.1, 0.15) is 5.15 Å². The predicted octanol–water partition coefficient (Wildman–Crippen LogP) is 3.49. The molecular formula is C18H16ClNO4. The third-order valence-electron chi connectivity index (χ3n) is 3.07. The molecule has 0 unspecified atom stereocenters. The van der Waals surface area contributed by atoms with Gasteiger partial charge in [-0.3, -0.25) is 9.59 Å². The van der Waals surface area contributed by atoms with Crippen molar-refractivity contribution in [2.45, 2.75) is 13.3 Å². The number of ketones is 1. The zero-order valence-electron chi connectivity index (χ0n) is 13.3. The Morgan fingerprint density at radius 2 is 2.00 bits per heavy atom. The molecule has 2 rings (SSSR count). The van der Waals surface area contributed by atoms with Gasteiger partial charge in [-0.2, -0.15) is 0 Å². The first-order valence-electron chi connectivity index (χ1n) is 7.15. The number of hydrogen-bond acceptors (Lipinski definition) is 5. The van der Waals surface area contributed by atoms with Gasteiger partial charge in [0.15, 0.2) is 17.3 Å². The van der Waals surface area contributed by atoms with Crippen LogP contribution in [0, 0.1) is 0 Å². The molecule has 0 atom stereocenters. The number of ether oxygens (including phenoxy) is 2. The summed E-state index contributed by atoms with van der Waals surface area (Å²) in [4.78, 5) is 27.0. The Hall–Kier alpha value is -2.66. The average Bonchev–Trinajstić information content (AvgIpc) is 2.52. The van der Waals surface area contributed by atoms with E-state index in [0.717, 1.165) is 5.56 Å². The fourth-order valence-electron chi connectivity index (χ4n) is 2.03. The average molecular weight is 346 g/mol. The molecule has 0 spiro atoms. The van der Waals surface area contributed by atoms with Crippen LogP contribution in [-0.2, 0) is 16.0 Å². The molecule has 0 N–H and O–H groups in total. The van der Waals surface area contributed by atoms with Crippen LogP contribution >= 0.6 is 11.6 Å². The molecule has 2 aromatic rings. The quantitative estimate of drug-likeness (QED) is 0.347. The molecule has 0 radical (unpaired) electrons. The third-order valence-corrected chi connectivity index (χ3v) is 3.28. The SMILES string of the molecule is COc1ccc(/C=C/C(=O)Cc2ccnc(Cl)c2)cc1OC(C)=O. The second kappa shape index (κ2) is 8.26. The van der Waals surface area contributed by atoms with Crippen LogP contribution in [-0.4, -0.2) is 23.8 Å². The number of nitrogens with zero attached hydrogens (tertiary/aromatic N) is 1. The molecule has 0 aliphatic rings. The normalized spacial score (nSPS) is 10.6. The third kappa shape index (κ3) is 5.21. The van der Waals surface area contributed by atoms with Crippen molar-refractivity contribution in [2.75, 3.05) is 7.11 Å². The summed E-state index contributed by atoms with van der Waals surface area (Å²) in [6.45, 7) is 1.31. The van der Waals surface area contributed by atoms with Gasteiger partial charge < -0.3 is 9.47 Å². The van der Waals surface area contributed by atoms with E-state index in [4.69, 9.17) is 21.1 Å². The number of rotatable bonds is 6. The standard InChI is InChI=1S/C18H16ClNO4/c1-12(21)24-17-10-13(4-6-16(17)23-2)3-5-15(22)9-14-7-8-20-18(19)11-14/h3-8,10-11H,9H2,1-2H3/b5-3+. The minimum Gasteiger partial charge on any atom is -0.493 e. The van der Waals surface area contributed by atoms with Gasteiger partial charge in [-0.1, -0.05) is 23.7 Å². The largest absolute Gasteiger partial charge is 0.493 e. The van der Waals surface area contributed by atoms with E-state index in [-0.39, 0.29) is 12.2 Å². The summed E-state index contributed by atoms with van der Waals surface area (Å²) < 4.78 is 10.2. The zero-order valence-corrected chi connectivity index (χ0v) is 14.0. The predicted molar refractivity (Wildman–Crippen MR) is 91.3 cm³/mol. The molecule has 0 aliphatic carbocycles. The molecule has 1 aromatic heterocycles. The Balaban J connectivity index is 2.10. The van der Waals surface area contributed by atoms with E-state index in [1.807, 2.05) is 0 Å². The van der Waals surface area contributed by atoms with E-state index >= 15 is 0 Å². The Kier molecular flexibility index (Phi) is 6.09. The second-order valence-electron chi connectivity index (χ2n) is 4.97. The van der Waals surface area contributed by atoms with E-state index in [1.54, 1.807) is 42.6 Å². The molecule has 124 valence electrons. The maximum Gasteiger partial charge on any atom is 0.308 e. The van der Waals surface area contributed by atoms with E-state index in [0.29, 0.717) is 22.2 Å². The molecule has 1 aromatic carbocycles. The first-order valence-corrected chi connectivity index (χ1v) is 7.53. The van der Waals surface area contributed by atoms with Crippen molar-refractivity contribution in [3.05, 3.63) is 58.9 Å². The Labute approximate surface area is 144 Å². The van der Waals surface area contributed by atoms with Crippen LogP contribution in [0.4, 0.5) is 0 Å². The second-order valence-corrected chi connectivity index (χ2v) is 5.35. The van der Waals surface area contributed by atoms with Crippen LogP contribution in [0.25, 0.3) is 6.08 Å². The van der Waals surface area contributed by atoms with E-state index < -0.39 is 5.97 Å². The number of halogens is 1. The minimum atomic E-state index is -0.444. The molecular weight excluding hydrogens is 330 g/mol. The molecule has 0 fully saturated rings. The van der Waals surface area contributed by atoms with Gasteiger partial charge in [-0.25, -0.2) is 4.98 Å². The van der Waals surface area contributed by atoms with Gasteiger partial charge in [0.05, 0.1) is 7.11 Å². The number of carbonyl (C=O) groups excluding carboxylic acids is 2. The lowest BCUT2D eigenvalue weighted by Gasteiger charge is -2.08. The van der Waals surface area contributed by atoms with Gasteiger partial charge in [-0.15, -0.1) is 0 Å². The van der Waals surface area contributed by atoms with Crippen LogP contribution in [0.2, 0.25) is 5.15 Å². The topological polar surface area (TPSA) is 65.5 Å². The molecule has 0 amide bonds. The molecule has 0 aliphatic heterocycles. The van der Waals surface area contributed by atoms with Crippen molar-refractivity contribution in [1.82, 2.24) is 4.98 Å². The Bertz CT molecular complexity index is 786. The highest BCUT2D eigenvalue weighted by atomic mass is 35.5. The molecule has 0 bridgehead atoms. The van der Waals surface area contributed by atoms with Gasteiger partial charge in [0.2, 0.25) is 0 Å². The van der Waals surface area contributed by atoms with Gasteiger partial charge in [0, 0.05) is 19.5 Å². The Morgan fingerprint density at radius 1 is 1.21 bits per heavy atom. The van der Waals surface area contributed by atoms with Crippen molar-refractivity contribution >= 4 is 29.4 Å². The van der Waals surface area contributed by atoms with Crippen LogP contribution in [0.1, 0.15) is 18.1 Å². The summed E-state index contributed by atoms with van der Waals surface area (Å²) in [7, 11) is 1.49. The lowest BCUT2D eigenvalue weighted by molar-refractivity contribution is -0.132. The minimum absolute atomic E-state index is 0.0814. The number of benzene rings is 1. The number of allylic oxidation sites excluding steroid dienone is 1. The zero-order chi connectivity index (χ0) is 17.5. The highest BCUT2D eigenvalue weighted by Crippen LogP contribution is 2.28. The molecule has 5 nitrogen and oxygen atoms in total. The van der Waals surface area contributed by atoms with Gasteiger partial charge >= 0.3 is 5.97 Å². The number of hydrogen-bond donors (Lipinski definition) is 0. The van der Waals surface area contributed by atoms with E-state index in [9.17, 15) is 9.59 Å². The van der Waals surface area contributed by atoms with Crippen LogP contribution in [0.15, 0.2) is 42.6 Å². The van der Waals surface area contributed by atoms with Crippen molar-refractivity contribution in [3.8, 4) is 11.5 Å². The van der Waals surface area contributed by atoms with E-state index in [2.05, 4.69) is 4.98 Å². The van der Waals surface area contributed by atoms with Crippen LogP contribution in [0.3, 0.4) is 0 Å². The number of carbonyl (C=O) groups is 2. The van der Waals surface area contributed by atoms with Crippen molar-refractivity contribution < 1.29 is 19.1 Å². The molecule has 24 heavy (non-hydrogen) atoms. The summed E-state index contributed by atoms with van der Waals surface area (Å²) in [5.74, 6) is 0.225. The molecule has 1 heterocycles. The highest BCUT2D eigenvalue weighted by Gasteiger charge is 2.07. The Morgan fingerprint density at radius 3 is 2.67 bits per heavy atom. The van der Waals surface area contributed by atoms with E-state index in [1.165, 1.54) is 20.1 Å². The molecule has 0 saturated heterocycles. The first-order chi connectivity index (χ1) is 11.5. The fraction of sp³-hybridized carbons (Fsp3) is 0.167. The van der Waals surface area contributed by atoms with Gasteiger partial charge in [0.25, 0.3) is 0 Å². The van der Waals surface area contributed by atoms with Crippen molar-refractivity contribution in [3.63, 3.8) is 0 Å². The lowest BCUT2D eigenvalue weighted by Crippen LogP contribution is -2.03.